The Bertz CT molecular complexity index is 353. The molecule has 1 heterocycles. The first-order valence-corrected chi connectivity index (χ1v) is 6.69. The molecule has 1 aromatic rings. The van der Waals surface area contributed by atoms with Crippen LogP contribution in [0.5, 0.6) is 0 Å². The highest BCUT2D eigenvalue weighted by Crippen LogP contribution is 2.17. The quantitative estimate of drug-likeness (QED) is 0.824. The standard InChI is InChI=1S/C14H27N3/c1-7-8-15-14(10(2)3)9-13-11(4)16-17(6)12(13)5/h10,14-15H,7-9H2,1-6H3. The van der Waals surface area contributed by atoms with E-state index in [1.54, 1.807) is 0 Å². The van der Waals surface area contributed by atoms with Gasteiger partial charge < -0.3 is 5.32 Å². The van der Waals surface area contributed by atoms with Crippen LogP contribution in [0.15, 0.2) is 0 Å². The molecule has 1 N–H and O–H groups in total. The molecule has 1 unspecified atom stereocenters. The molecule has 3 heteroatoms. The summed E-state index contributed by atoms with van der Waals surface area (Å²) in [4.78, 5) is 0. The summed E-state index contributed by atoms with van der Waals surface area (Å²) in [6.45, 7) is 12.2. The average molecular weight is 237 g/mol. The Balaban J connectivity index is 2.78. The number of nitrogens with zero attached hydrogens (tertiary/aromatic N) is 2. The van der Waals surface area contributed by atoms with Crippen LogP contribution in [0.4, 0.5) is 0 Å². The van der Waals surface area contributed by atoms with Gasteiger partial charge in [0.25, 0.3) is 0 Å². The number of hydrogen-bond acceptors (Lipinski definition) is 2. The highest BCUT2D eigenvalue weighted by molar-refractivity contribution is 5.25. The minimum absolute atomic E-state index is 0.552. The monoisotopic (exact) mass is 237 g/mol. The molecule has 0 spiro atoms. The van der Waals surface area contributed by atoms with E-state index in [1.807, 2.05) is 11.7 Å². The second kappa shape index (κ2) is 6.20. The van der Waals surface area contributed by atoms with Crippen LogP contribution in [0.25, 0.3) is 0 Å². The van der Waals surface area contributed by atoms with Crippen LogP contribution in [0.2, 0.25) is 0 Å². The van der Waals surface area contributed by atoms with E-state index in [0.29, 0.717) is 12.0 Å². The Hall–Kier alpha value is -0.830. The number of aryl methyl sites for hydroxylation is 2. The molecule has 1 aromatic heterocycles. The third-order valence-electron chi connectivity index (χ3n) is 3.54. The van der Waals surface area contributed by atoms with E-state index < -0.39 is 0 Å². The maximum absolute atomic E-state index is 4.49. The van der Waals surface area contributed by atoms with E-state index in [-0.39, 0.29) is 0 Å². The van der Waals surface area contributed by atoms with Crippen LogP contribution in [-0.2, 0) is 13.5 Å². The highest BCUT2D eigenvalue weighted by Gasteiger charge is 2.17. The van der Waals surface area contributed by atoms with E-state index >= 15 is 0 Å². The van der Waals surface area contributed by atoms with Crippen LogP contribution in [0, 0.1) is 19.8 Å². The predicted octanol–water partition coefficient (Wildman–Crippen LogP) is 2.60. The molecule has 0 fully saturated rings. The predicted molar refractivity (Wildman–Crippen MR) is 73.3 cm³/mol. The third kappa shape index (κ3) is 3.56. The molecule has 3 nitrogen and oxygen atoms in total. The van der Waals surface area contributed by atoms with Crippen molar-refractivity contribution in [3.8, 4) is 0 Å². The molecular formula is C14H27N3. The molecule has 0 saturated carbocycles. The van der Waals surface area contributed by atoms with Crippen molar-refractivity contribution in [2.45, 2.75) is 53.5 Å². The third-order valence-corrected chi connectivity index (χ3v) is 3.54. The molecule has 0 aliphatic rings. The lowest BCUT2D eigenvalue weighted by Gasteiger charge is -2.22. The minimum Gasteiger partial charge on any atom is -0.313 e. The number of rotatable bonds is 6. The Morgan fingerprint density at radius 2 is 1.94 bits per heavy atom. The first kappa shape index (κ1) is 14.2. The van der Waals surface area contributed by atoms with Crippen LogP contribution in [0.3, 0.4) is 0 Å². The first-order chi connectivity index (χ1) is 7.97. The van der Waals surface area contributed by atoms with Gasteiger partial charge in [-0.2, -0.15) is 5.10 Å². The van der Waals surface area contributed by atoms with Gasteiger partial charge in [0.15, 0.2) is 0 Å². The van der Waals surface area contributed by atoms with E-state index in [9.17, 15) is 0 Å². The van der Waals surface area contributed by atoms with Gasteiger partial charge in [0.2, 0.25) is 0 Å². The molecule has 17 heavy (non-hydrogen) atoms. The summed E-state index contributed by atoms with van der Waals surface area (Å²) in [5.41, 5.74) is 3.88. The lowest BCUT2D eigenvalue weighted by Crippen LogP contribution is -2.36. The normalized spacial score (nSPS) is 13.4. The molecule has 0 bridgehead atoms. The number of hydrogen-bond donors (Lipinski definition) is 1. The van der Waals surface area contributed by atoms with Gasteiger partial charge in [-0.15, -0.1) is 0 Å². The Kier molecular flexibility index (Phi) is 5.19. The Morgan fingerprint density at radius 3 is 2.35 bits per heavy atom. The summed E-state index contributed by atoms with van der Waals surface area (Å²) < 4.78 is 1.99. The van der Waals surface area contributed by atoms with Crippen molar-refractivity contribution in [3.63, 3.8) is 0 Å². The maximum Gasteiger partial charge on any atom is 0.0628 e. The van der Waals surface area contributed by atoms with E-state index in [1.165, 1.54) is 23.4 Å². The van der Waals surface area contributed by atoms with Crippen LogP contribution in [-0.4, -0.2) is 22.4 Å². The highest BCUT2D eigenvalue weighted by atomic mass is 15.3. The van der Waals surface area contributed by atoms with Gasteiger partial charge in [-0.25, -0.2) is 0 Å². The summed E-state index contributed by atoms with van der Waals surface area (Å²) in [6, 6.07) is 0.552. The van der Waals surface area contributed by atoms with Crippen molar-refractivity contribution < 1.29 is 0 Å². The minimum atomic E-state index is 0.552. The lowest BCUT2D eigenvalue weighted by molar-refractivity contribution is 0.396. The van der Waals surface area contributed by atoms with Crippen LogP contribution in [0.1, 0.15) is 44.1 Å². The fourth-order valence-corrected chi connectivity index (χ4v) is 2.21. The molecule has 1 atom stereocenters. The molecular weight excluding hydrogens is 210 g/mol. The van der Waals surface area contributed by atoms with E-state index in [0.717, 1.165) is 13.0 Å². The van der Waals surface area contributed by atoms with E-state index in [4.69, 9.17) is 0 Å². The smallest absolute Gasteiger partial charge is 0.0628 e. The summed E-state index contributed by atoms with van der Waals surface area (Å²) in [6.07, 6.45) is 2.28. The zero-order valence-electron chi connectivity index (χ0n) is 12.2. The van der Waals surface area contributed by atoms with Gasteiger partial charge in [0.05, 0.1) is 5.69 Å². The van der Waals surface area contributed by atoms with Crippen molar-refractivity contribution in [2.24, 2.45) is 13.0 Å². The average Bonchev–Trinajstić information content (AvgIpc) is 2.49. The van der Waals surface area contributed by atoms with Crippen LogP contribution < -0.4 is 5.32 Å². The number of aromatic nitrogens is 2. The topological polar surface area (TPSA) is 29.9 Å². The second-order valence-electron chi connectivity index (χ2n) is 5.28. The largest absolute Gasteiger partial charge is 0.313 e. The summed E-state index contributed by atoms with van der Waals surface area (Å²) in [7, 11) is 2.02. The van der Waals surface area contributed by atoms with Crippen molar-refractivity contribution >= 4 is 0 Å². The van der Waals surface area contributed by atoms with Crippen LogP contribution >= 0.6 is 0 Å². The molecule has 98 valence electrons. The number of nitrogens with one attached hydrogen (secondary N) is 1. The van der Waals surface area contributed by atoms with Crippen molar-refractivity contribution in [1.29, 1.82) is 0 Å². The van der Waals surface area contributed by atoms with Gasteiger partial charge >= 0.3 is 0 Å². The van der Waals surface area contributed by atoms with Gasteiger partial charge in [-0.1, -0.05) is 20.8 Å². The lowest BCUT2D eigenvalue weighted by atomic mass is 9.95. The van der Waals surface area contributed by atoms with E-state index in [2.05, 4.69) is 45.0 Å². The zero-order valence-corrected chi connectivity index (χ0v) is 12.2. The molecule has 0 radical (unpaired) electrons. The Morgan fingerprint density at radius 1 is 1.29 bits per heavy atom. The second-order valence-corrected chi connectivity index (χ2v) is 5.28. The zero-order chi connectivity index (χ0) is 13.0. The fraction of sp³-hybridized carbons (Fsp3) is 0.786. The molecule has 0 aliphatic heterocycles. The van der Waals surface area contributed by atoms with Gasteiger partial charge in [-0.05, 0) is 44.7 Å². The van der Waals surface area contributed by atoms with Crippen molar-refractivity contribution in [2.75, 3.05) is 6.54 Å². The summed E-state index contributed by atoms with van der Waals surface area (Å²) in [5.74, 6) is 0.653. The van der Waals surface area contributed by atoms with Crippen molar-refractivity contribution in [1.82, 2.24) is 15.1 Å². The summed E-state index contributed by atoms with van der Waals surface area (Å²) in [5, 5.41) is 8.14. The van der Waals surface area contributed by atoms with Gasteiger partial charge in [-0.3, -0.25) is 4.68 Å². The summed E-state index contributed by atoms with van der Waals surface area (Å²) >= 11 is 0. The molecule has 0 aliphatic carbocycles. The molecule has 0 saturated heterocycles. The SMILES string of the molecule is CCCNC(Cc1c(C)nn(C)c1C)C(C)C. The molecule has 1 rings (SSSR count). The molecule has 0 amide bonds. The fourth-order valence-electron chi connectivity index (χ4n) is 2.21. The van der Waals surface area contributed by atoms with Gasteiger partial charge in [0, 0.05) is 18.8 Å². The Labute approximate surface area is 106 Å². The molecule has 0 aromatic carbocycles. The maximum atomic E-state index is 4.49. The van der Waals surface area contributed by atoms with Crippen molar-refractivity contribution in [3.05, 3.63) is 17.0 Å². The first-order valence-electron chi connectivity index (χ1n) is 6.69. The van der Waals surface area contributed by atoms with Gasteiger partial charge in [0.1, 0.15) is 0 Å².